The van der Waals surface area contributed by atoms with Crippen LogP contribution in [0.5, 0.6) is 11.5 Å². The third-order valence-corrected chi connectivity index (χ3v) is 4.59. The van der Waals surface area contributed by atoms with E-state index in [1.54, 1.807) is 0 Å². The molecule has 0 radical (unpaired) electrons. The van der Waals surface area contributed by atoms with Crippen LogP contribution in [0.1, 0.15) is 30.0 Å². The zero-order chi connectivity index (χ0) is 14.2. The van der Waals surface area contributed by atoms with Gasteiger partial charge in [-0.25, -0.2) is 0 Å². The lowest BCUT2D eigenvalue weighted by Crippen LogP contribution is -2.42. The molecule has 0 amide bonds. The Morgan fingerprint density at radius 2 is 1.38 bits per heavy atom. The highest BCUT2D eigenvalue weighted by molar-refractivity contribution is 5.53. The molecule has 0 saturated carbocycles. The summed E-state index contributed by atoms with van der Waals surface area (Å²) in [4.78, 5) is 2.55. The van der Waals surface area contributed by atoms with Gasteiger partial charge in [-0.3, -0.25) is 4.90 Å². The fourth-order valence-electron chi connectivity index (χ4n) is 3.46. The molecule has 0 aliphatic carbocycles. The Kier molecular flexibility index (Phi) is 3.17. The first-order valence-electron chi connectivity index (χ1n) is 7.68. The fraction of sp³-hybridized carbons (Fsp3) is 0.333. The lowest BCUT2D eigenvalue weighted by atomic mass is 9.91. The van der Waals surface area contributed by atoms with Crippen LogP contribution in [-0.4, -0.2) is 24.0 Å². The van der Waals surface area contributed by atoms with Crippen molar-refractivity contribution in [2.75, 3.05) is 13.1 Å². The zero-order valence-corrected chi connectivity index (χ0v) is 12.0. The molecule has 2 aromatic carbocycles. The van der Waals surface area contributed by atoms with Gasteiger partial charge in [-0.15, -0.1) is 0 Å². The van der Waals surface area contributed by atoms with Crippen molar-refractivity contribution in [2.45, 2.75) is 24.9 Å². The maximum Gasteiger partial charge on any atom is 0.132 e. The molecule has 0 aromatic heterocycles. The number of piperidine rings is 1. The second-order valence-corrected chi connectivity index (χ2v) is 5.95. The van der Waals surface area contributed by atoms with Crippen LogP contribution < -0.4 is 10.5 Å². The van der Waals surface area contributed by atoms with Crippen LogP contribution >= 0.6 is 0 Å². The van der Waals surface area contributed by atoms with Crippen molar-refractivity contribution in [3.05, 3.63) is 59.7 Å². The van der Waals surface area contributed by atoms with Gasteiger partial charge in [-0.2, -0.15) is 0 Å². The minimum Gasteiger partial charge on any atom is -0.457 e. The number of para-hydroxylation sites is 2. The first kappa shape index (κ1) is 12.9. The Labute approximate surface area is 125 Å². The summed E-state index contributed by atoms with van der Waals surface area (Å²) in [6.07, 6.45) is 2.14. The SMILES string of the molecule is NC1CCN(C2c3ccccc3Oc3ccccc32)CC1. The van der Waals surface area contributed by atoms with E-state index in [2.05, 4.69) is 41.3 Å². The quantitative estimate of drug-likeness (QED) is 0.871. The van der Waals surface area contributed by atoms with E-state index in [1.807, 2.05) is 12.1 Å². The van der Waals surface area contributed by atoms with Crippen LogP contribution in [-0.2, 0) is 0 Å². The topological polar surface area (TPSA) is 38.5 Å². The van der Waals surface area contributed by atoms with Gasteiger partial charge in [0.25, 0.3) is 0 Å². The maximum absolute atomic E-state index is 6.07. The largest absolute Gasteiger partial charge is 0.457 e. The molecule has 3 nitrogen and oxygen atoms in total. The molecular weight excluding hydrogens is 260 g/mol. The van der Waals surface area contributed by atoms with Gasteiger partial charge in [0.1, 0.15) is 11.5 Å². The molecule has 2 aromatic rings. The smallest absolute Gasteiger partial charge is 0.132 e. The molecule has 0 atom stereocenters. The number of nitrogens with zero attached hydrogens (tertiary/aromatic N) is 1. The molecule has 1 fully saturated rings. The summed E-state index contributed by atoms with van der Waals surface area (Å²) in [6.45, 7) is 2.10. The molecule has 2 aliphatic rings. The van der Waals surface area contributed by atoms with E-state index in [-0.39, 0.29) is 0 Å². The number of rotatable bonds is 1. The first-order valence-corrected chi connectivity index (χ1v) is 7.68. The third-order valence-electron chi connectivity index (χ3n) is 4.59. The van der Waals surface area contributed by atoms with E-state index in [0.29, 0.717) is 12.1 Å². The monoisotopic (exact) mass is 280 g/mol. The lowest BCUT2D eigenvalue weighted by Gasteiger charge is -2.40. The predicted octanol–water partition coefficient (Wildman–Crippen LogP) is 3.30. The van der Waals surface area contributed by atoms with E-state index in [4.69, 9.17) is 10.5 Å². The highest BCUT2D eigenvalue weighted by atomic mass is 16.5. The highest BCUT2D eigenvalue weighted by Gasteiger charge is 2.32. The number of hydrogen-bond acceptors (Lipinski definition) is 3. The van der Waals surface area contributed by atoms with Crippen molar-refractivity contribution in [3.63, 3.8) is 0 Å². The third kappa shape index (κ3) is 2.23. The van der Waals surface area contributed by atoms with E-state index in [0.717, 1.165) is 37.4 Å². The van der Waals surface area contributed by atoms with Crippen molar-refractivity contribution in [3.8, 4) is 11.5 Å². The van der Waals surface area contributed by atoms with Crippen molar-refractivity contribution in [2.24, 2.45) is 5.73 Å². The second-order valence-electron chi connectivity index (χ2n) is 5.95. The number of benzene rings is 2. The van der Waals surface area contributed by atoms with Gasteiger partial charge in [-0.1, -0.05) is 36.4 Å². The minimum absolute atomic E-state index is 0.290. The number of nitrogens with two attached hydrogens (primary N) is 1. The predicted molar refractivity (Wildman–Crippen MR) is 83.6 cm³/mol. The van der Waals surface area contributed by atoms with E-state index < -0.39 is 0 Å². The number of hydrogen-bond donors (Lipinski definition) is 1. The summed E-state index contributed by atoms with van der Waals surface area (Å²) in [7, 11) is 0. The molecule has 0 bridgehead atoms. The van der Waals surface area contributed by atoms with Crippen LogP contribution in [0.15, 0.2) is 48.5 Å². The summed E-state index contributed by atoms with van der Waals surface area (Å²) in [5.41, 5.74) is 8.60. The van der Waals surface area contributed by atoms with Crippen LogP contribution in [0.2, 0.25) is 0 Å². The number of fused-ring (bicyclic) bond motifs is 2. The summed E-state index contributed by atoms with van der Waals surface area (Å²) in [5.74, 6) is 1.96. The van der Waals surface area contributed by atoms with Crippen molar-refractivity contribution in [1.29, 1.82) is 0 Å². The Hall–Kier alpha value is -1.84. The molecule has 2 aliphatic heterocycles. The average molecular weight is 280 g/mol. The van der Waals surface area contributed by atoms with Gasteiger partial charge in [-0.05, 0) is 25.0 Å². The number of ether oxygens (including phenoxy) is 1. The Balaban J connectivity index is 1.78. The molecule has 4 rings (SSSR count). The Morgan fingerprint density at radius 1 is 0.857 bits per heavy atom. The zero-order valence-electron chi connectivity index (χ0n) is 12.0. The maximum atomic E-state index is 6.07. The van der Waals surface area contributed by atoms with Crippen molar-refractivity contribution in [1.82, 2.24) is 4.90 Å². The molecule has 1 saturated heterocycles. The summed E-state index contributed by atoms with van der Waals surface area (Å²) in [5, 5.41) is 0. The standard InChI is InChI=1S/C18H20N2O/c19-13-9-11-20(12-10-13)18-14-5-1-3-7-16(14)21-17-8-4-2-6-15(17)18/h1-8,13,18H,9-12,19H2. The molecule has 108 valence electrons. The molecular formula is C18H20N2O. The van der Waals surface area contributed by atoms with Crippen molar-refractivity contribution >= 4 is 0 Å². The van der Waals surface area contributed by atoms with Crippen LogP contribution in [0.3, 0.4) is 0 Å². The van der Waals surface area contributed by atoms with Crippen LogP contribution in [0.25, 0.3) is 0 Å². The van der Waals surface area contributed by atoms with Crippen molar-refractivity contribution < 1.29 is 4.74 Å². The van der Waals surface area contributed by atoms with Gasteiger partial charge < -0.3 is 10.5 Å². The van der Waals surface area contributed by atoms with Crippen LogP contribution in [0, 0.1) is 0 Å². The number of likely N-dealkylation sites (tertiary alicyclic amines) is 1. The average Bonchev–Trinajstić information content (AvgIpc) is 2.53. The van der Waals surface area contributed by atoms with Gasteiger partial charge in [0.15, 0.2) is 0 Å². The fourth-order valence-corrected chi connectivity index (χ4v) is 3.46. The lowest BCUT2D eigenvalue weighted by molar-refractivity contribution is 0.167. The Morgan fingerprint density at radius 3 is 1.95 bits per heavy atom. The molecule has 0 spiro atoms. The van der Waals surface area contributed by atoms with E-state index in [9.17, 15) is 0 Å². The normalized spacial score (nSPS) is 19.7. The molecule has 3 heteroatoms. The second kappa shape index (κ2) is 5.17. The molecule has 2 heterocycles. The summed E-state index contributed by atoms with van der Waals surface area (Å²) < 4.78 is 6.07. The minimum atomic E-state index is 0.290. The molecule has 0 unspecified atom stereocenters. The van der Waals surface area contributed by atoms with E-state index in [1.165, 1.54) is 11.1 Å². The highest BCUT2D eigenvalue weighted by Crippen LogP contribution is 2.45. The summed E-state index contributed by atoms with van der Waals surface area (Å²) in [6, 6.07) is 17.4. The van der Waals surface area contributed by atoms with Gasteiger partial charge in [0.2, 0.25) is 0 Å². The van der Waals surface area contributed by atoms with Gasteiger partial charge in [0, 0.05) is 30.3 Å². The first-order chi connectivity index (χ1) is 10.3. The van der Waals surface area contributed by atoms with Crippen LogP contribution in [0.4, 0.5) is 0 Å². The van der Waals surface area contributed by atoms with Gasteiger partial charge in [0.05, 0.1) is 6.04 Å². The van der Waals surface area contributed by atoms with Gasteiger partial charge >= 0.3 is 0 Å². The van der Waals surface area contributed by atoms with E-state index >= 15 is 0 Å². The summed E-state index contributed by atoms with van der Waals surface area (Å²) >= 11 is 0. The molecule has 2 N–H and O–H groups in total. The molecule has 21 heavy (non-hydrogen) atoms. The Bertz CT molecular complexity index is 602.